The molecule has 302 valence electrons. The number of aromatic nitrogens is 6. The summed E-state index contributed by atoms with van der Waals surface area (Å²) < 4.78 is 5.04. The summed E-state index contributed by atoms with van der Waals surface area (Å²) in [5.74, 6) is 0. The number of carbonyl (C=O) groups excluding carboxylic acids is 1. The highest BCUT2D eigenvalue weighted by Crippen LogP contribution is 2.33. The molecule has 7 aromatic rings. The highest BCUT2D eigenvalue weighted by atomic mass is 79.9. The van der Waals surface area contributed by atoms with Gasteiger partial charge in [-0.15, -0.1) is 0 Å². The highest BCUT2D eigenvalue weighted by Gasteiger charge is 2.35. The fourth-order valence-corrected chi connectivity index (χ4v) is 8.84. The lowest BCUT2D eigenvalue weighted by Gasteiger charge is -2.24. The normalized spacial score (nSPS) is 15.9. The smallest absolute Gasteiger partial charge is 0.213 e. The number of aldehydes is 1. The second-order valence-corrected chi connectivity index (χ2v) is 15.6. The predicted octanol–water partition coefficient (Wildman–Crippen LogP) is 4.34. The Balaban J connectivity index is 0.00000257. The van der Waals surface area contributed by atoms with E-state index in [2.05, 4.69) is 153 Å². The van der Waals surface area contributed by atoms with Crippen LogP contribution in [0.2, 0.25) is 0 Å². The highest BCUT2D eigenvalue weighted by molar-refractivity contribution is 6.14. The topological polar surface area (TPSA) is 82.2 Å². The Morgan fingerprint density at radius 2 is 1.26 bits per heavy atom. The molecule has 5 aromatic heterocycles. The molecule has 0 atom stereocenters. The van der Waals surface area contributed by atoms with Crippen molar-refractivity contribution in [3.8, 4) is 0 Å². The maximum Gasteiger partial charge on any atom is 0.213 e. The molecule has 0 amide bonds. The van der Waals surface area contributed by atoms with Crippen LogP contribution < -0.4 is 43.1 Å². The summed E-state index contributed by atoms with van der Waals surface area (Å²) in [5, 5.41) is 0. The molecule has 1 aliphatic carbocycles. The molecule has 0 unspecified atom stereocenters. The van der Waals surface area contributed by atoms with Crippen LogP contribution in [-0.2, 0) is 11.2 Å². The maximum atomic E-state index is 12.1. The summed E-state index contributed by atoms with van der Waals surface area (Å²) in [6, 6.07) is 49.7. The maximum absolute atomic E-state index is 12.1. The van der Waals surface area contributed by atoms with Gasteiger partial charge in [0.15, 0.2) is 36.5 Å². The van der Waals surface area contributed by atoms with Crippen molar-refractivity contribution in [1.29, 1.82) is 0 Å². The van der Waals surface area contributed by atoms with Crippen molar-refractivity contribution in [2.75, 3.05) is 0 Å². The minimum atomic E-state index is 0. The largest absolute Gasteiger partial charge is 1.00 e. The zero-order valence-corrected chi connectivity index (χ0v) is 36.6. The van der Waals surface area contributed by atoms with Crippen LogP contribution in [0.5, 0.6) is 0 Å². The Morgan fingerprint density at radius 3 is 2.02 bits per heavy atom. The molecule has 2 aliphatic heterocycles. The van der Waals surface area contributed by atoms with Gasteiger partial charge in [0.2, 0.25) is 5.69 Å². The molecular weight excluding hydrogens is 884 g/mol. The second-order valence-electron chi connectivity index (χ2n) is 15.6. The number of benzene rings is 2. The van der Waals surface area contributed by atoms with E-state index < -0.39 is 0 Å². The number of hydrogen-bond acceptors (Lipinski definition) is 3. The average molecular weight is 929 g/mol. The standard InChI is InChI=1S/C52H43N6O.2BrH/c59-35-39-29-45-32-44-28-38(50(55-44)33-42-19-17-40(53-42)31-41-18-20-43(54-41)34-51(39)56-45)30-49(37-13-5-2-6-14-37)52-16-8-10-26-58(52)47-23-21-46(22-24-47)57-25-9-7-15-48(57)27-36-11-3-1-4-12-36;;/h1-20,25-26,28-35,46-47H,21-24,27H2,(H,53,54,55,56);2*1H/q+1;;/p-1. The molecule has 2 aromatic carbocycles. The lowest BCUT2D eigenvalue weighted by Crippen LogP contribution is -3.00. The van der Waals surface area contributed by atoms with E-state index in [9.17, 15) is 4.79 Å². The SMILES string of the molecule is O=CC1=Cc2cc3cc(/C=C(\c4ccccc4)c4cccc[n+]4C4CCC([n+]5ccccc5Cc5ccccc5)CC4)c(cc4nc(cc5ccc(cc1n2)[nH]5)C=C4)[nH]3.[Br-].[Br-]. The molecule has 61 heavy (non-hydrogen) atoms. The van der Waals surface area contributed by atoms with Gasteiger partial charge in [0.1, 0.15) is 0 Å². The molecule has 0 saturated heterocycles. The van der Waals surface area contributed by atoms with Crippen LogP contribution in [-0.4, -0.2) is 26.2 Å². The van der Waals surface area contributed by atoms with Crippen molar-refractivity contribution >= 4 is 63.8 Å². The molecule has 10 rings (SSSR count). The molecule has 8 bridgehead atoms. The van der Waals surface area contributed by atoms with Crippen molar-refractivity contribution in [3.63, 3.8) is 0 Å². The van der Waals surface area contributed by atoms with Crippen molar-refractivity contribution < 1.29 is 47.9 Å². The van der Waals surface area contributed by atoms with Gasteiger partial charge in [0, 0.05) is 83.2 Å². The van der Waals surface area contributed by atoms with E-state index in [4.69, 9.17) is 9.97 Å². The van der Waals surface area contributed by atoms with Crippen LogP contribution in [0.4, 0.5) is 0 Å². The van der Waals surface area contributed by atoms with E-state index in [0.717, 1.165) is 88.5 Å². The first kappa shape index (κ1) is 41.4. The Kier molecular flexibility index (Phi) is 12.6. The molecule has 1 saturated carbocycles. The number of allylic oxidation sites excluding steroid dienone is 1. The Hall–Kier alpha value is -6.29. The number of H-pyrrole nitrogens is 2. The number of halogens is 2. The van der Waals surface area contributed by atoms with Gasteiger partial charge in [-0.05, 0) is 84.0 Å². The molecule has 3 aliphatic rings. The Morgan fingerprint density at radius 1 is 0.623 bits per heavy atom. The third-order valence-electron chi connectivity index (χ3n) is 11.7. The van der Waals surface area contributed by atoms with Gasteiger partial charge in [0.05, 0.1) is 34.8 Å². The summed E-state index contributed by atoms with van der Waals surface area (Å²) in [7, 11) is 0. The number of pyridine rings is 2. The quantitative estimate of drug-likeness (QED) is 0.176. The number of carbonyl (C=O) groups is 1. The van der Waals surface area contributed by atoms with Crippen molar-refractivity contribution in [1.82, 2.24) is 19.9 Å². The molecule has 0 radical (unpaired) electrons. The average Bonchev–Trinajstić information content (AvgIpc) is 4.09. The van der Waals surface area contributed by atoms with E-state index in [1.807, 2.05) is 42.5 Å². The van der Waals surface area contributed by atoms with Gasteiger partial charge in [-0.3, -0.25) is 4.79 Å². The monoisotopic (exact) mass is 926 g/mol. The zero-order valence-electron chi connectivity index (χ0n) is 33.5. The molecule has 2 N–H and O–H groups in total. The first-order valence-electron chi connectivity index (χ1n) is 20.5. The number of hydrogen-bond donors (Lipinski definition) is 2. The third-order valence-corrected chi connectivity index (χ3v) is 11.7. The van der Waals surface area contributed by atoms with Crippen LogP contribution in [0.15, 0.2) is 152 Å². The van der Waals surface area contributed by atoms with Crippen molar-refractivity contribution in [3.05, 3.63) is 203 Å². The van der Waals surface area contributed by atoms with Crippen LogP contribution in [0.3, 0.4) is 0 Å². The first-order chi connectivity index (χ1) is 29.1. The minimum Gasteiger partial charge on any atom is -1.00 e. The van der Waals surface area contributed by atoms with E-state index in [1.165, 1.54) is 17.0 Å². The molecule has 9 heteroatoms. The van der Waals surface area contributed by atoms with E-state index in [0.29, 0.717) is 29.0 Å². The van der Waals surface area contributed by atoms with Crippen molar-refractivity contribution in [2.24, 2.45) is 0 Å². The molecule has 7 heterocycles. The van der Waals surface area contributed by atoms with Gasteiger partial charge in [-0.25, -0.2) is 9.97 Å². The predicted molar refractivity (Wildman–Crippen MR) is 236 cm³/mol. The number of nitrogens with one attached hydrogen (secondary N) is 2. The first-order valence-corrected chi connectivity index (χ1v) is 20.5. The Labute approximate surface area is 376 Å². The zero-order chi connectivity index (χ0) is 39.5. The summed E-state index contributed by atoms with van der Waals surface area (Å²) in [6.45, 7) is 0. The number of nitrogens with zero attached hydrogens (tertiary/aromatic N) is 4. The fourth-order valence-electron chi connectivity index (χ4n) is 8.84. The van der Waals surface area contributed by atoms with Gasteiger partial charge < -0.3 is 43.9 Å². The van der Waals surface area contributed by atoms with Crippen LogP contribution in [0, 0.1) is 0 Å². The van der Waals surface area contributed by atoms with Crippen LogP contribution in [0.1, 0.15) is 88.6 Å². The van der Waals surface area contributed by atoms with E-state index in [-0.39, 0.29) is 34.0 Å². The van der Waals surface area contributed by atoms with Gasteiger partial charge in [-0.1, -0.05) is 66.7 Å². The number of aromatic amines is 2. The van der Waals surface area contributed by atoms with Gasteiger partial charge >= 0.3 is 0 Å². The molecule has 0 spiro atoms. The number of rotatable bonds is 8. The van der Waals surface area contributed by atoms with Crippen LogP contribution >= 0.6 is 0 Å². The van der Waals surface area contributed by atoms with Crippen molar-refractivity contribution in [2.45, 2.75) is 44.2 Å². The van der Waals surface area contributed by atoms with Crippen LogP contribution in [0.25, 0.3) is 57.5 Å². The molecule has 1 fully saturated rings. The summed E-state index contributed by atoms with van der Waals surface area (Å²) in [6.07, 6.45) is 19.0. The van der Waals surface area contributed by atoms with Gasteiger partial charge in [0.25, 0.3) is 0 Å². The molecular formula is C52H44Br2N6O. The summed E-state index contributed by atoms with van der Waals surface area (Å²) in [4.78, 5) is 29.0. The second kappa shape index (κ2) is 18.5. The van der Waals surface area contributed by atoms with E-state index >= 15 is 0 Å². The lowest BCUT2D eigenvalue weighted by molar-refractivity contribution is -0.753. The molecule has 7 nitrogen and oxygen atoms in total. The van der Waals surface area contributed by atoms with E-state index in [1.54, 1.807) is 0 Å². The summed E-state index contributed by atoms with van der Waals surface area (Å²) >= 11 is 0. The Bertz CT molecular complexity index is 2960. The third kappa shape index (κ3) is 9.09. The number of fused-ring (bicyclic) bond motifs is 8. The minimum absolute atomic E-state index is 0. The lowest BCUT2D eigenvalue weighted by atomic mass is 9.89. The van der Waals surface area contributed by atoms with Gasteiger partial charge in [-0.2, -0.15) is 9.13 Å². The fraction of sp³-hybridized carbons (Fsp3) is 0.135. The summed E-state index contributed by atoms with van der Waals surface area (Å²) in [5.41, 5.74) is 14.4.